The van der Waals surface area contributed by atoms with Crippen LogP contribution in [0.1, 0.15) is 48.2 Å². The van der Waals surface area contributed by atoms with Gasteiger partial charge in [0, 0.05) is 59.6 Å². The number of aromatic amines is 1. The van der Waals surface area contributed by atoms with Gasteiger partial charge in [-0.2, -0.15) is 13.2 Å². The van der Waals surface area contributed by atoms with E-state index in [0.29, 0.717) is 43.4 Å². The molecule has 3 N–H and O–H groups in total. The number of H-pyrrole nitrogens is 1. The first kappa shape index (κ1) is 30.6. The number of aliphatic hydroxyl groups is 1. The van der Waals surface area contributed by atoms with Crippen LogP contribution in [0, 0.1) is 11.6 Å². The fourth-order valence-corrected chi connectivity index (χ4v) is 6.21. The predicted molar refractivity (Wildman–Crippen MR) is 142 cm³/mol. The highest BCUT2D eigenvalue weighted by Gasteiger charge is 2.44. The Labute approximate surface area is 237 Å². The number of hydrogen-bond donors (Lipinski definition) is 3. The molecule has 0 spiro atoms. The zero-order chi connectivity index (χ0) is 30.4. The first-order valence-electron chi connectivity index (χ1n) is 13.8. The number of nitrogens with zero attached hydrogens (tertiary/aromatic N) is 2. The number of benzene rings is 2. The molecule has 5 nitrogen and oxygen atoms in total. The van der Waals surface area contributed by atoms with E-state index in [2.05, 4.69) is 10.3 Å². The van der Waals surface area contributed by atoms with E-state index in [1.54, 1.807) is 6.92 Å². The van der Waals surface area contributed by atoms with Crippen LogP contribution in [-0.2, 0) is 12.6 Å². The molecule has 5 rings (SSSR count). The van der Waals surface area contributed by atoms with Crippen molar-refractivity contribution in [1.82, 2.24) is 14.8 Å². The smallest absolute Gasteiger partial charge is 0.390 e. The molecule has 0 radical (unpaired) electrons. The lowest BCUT2D eigenvalue weighted by Crippen LogP contribution is -2.49. The summed E-state index contributed by atoms with van der Waals surface area (Å²) in [6.07, 6.45) is -3.43. The Morgan fingerprint density at radius 3 is 2.43 bits per heavy atom. The van der Waals surface area contributed by atoms with Crippen LogP contribution in [0.3, 0.4) is 0 Å². The molecular formula is C29H32F8N4O. The largest absolute Gasteiger partial charge is 0.416 e. The lowest BCUT2D eigenvalue weighted by atomic mass is 9.87. The maximum atomic E-state index is 15.8. The molecule has 1 unspecified atom stereocenters. The van der Waals surface area contributed by atoms with Gasteiger partial charge in [0.05, 0.1) is 24.8 Å². The van der Waals surface area contributed by atoms with E-state index < -0.39 is 66.8 Å². The van der Waals surface area contributed by atoms with E-state index in [1.807, 2.05) is 4.90 Å². The standard InChI is InChI=1S/C29H32F8N4O/c1-16-9-21-20-4-3-17(29(35,36)37)10-24(20)39-26(21)27(41(16)14-28(33,34)15-42)25-22(31)11-19(12-23(25)32)38-18-5-8-40(13-18)7-2-6-30/h3-4,10-12,16,18,27,38-39,42H,2,5-9,13-15H2,1H3/t16-,18?,27-/m1/s1. The summed E-state index contributed by atoms with van der Waals surface area (Å²) in [6, 6.07) is 2.96. The number of alkyl halides is 6. The lowest BCUT2D eigenvalue weighted by molar-refractivity contribution is -0.137. The number of anilines is 1. The number of fused-ring (bicyclic) bond motifs is 3. The highest BCUT2D eigenvalue weighted by Crippen LogP contribution is 2.44. The van der Waals surface area contributed by atoms with E-state index in [0.717, 1.165) is 24.3 Å². The van der Waals surface area contributed by atoms with Crippen LogP contribution < -0.4 is 5.32 Å². The molecular weight excluding hydrogens is 572 g/mol. The molecule has 0 amide bonds. The zero-order valence-corrected chi connectivity index (χ0v) is 22.8. The van der Waals surface area contributed by atoms with Crippen molar-refractivity contribution in [3.63, 3.8) is 0 Å². The summed E-state index contributed by atoms with van der Waals surface area (Å²) in [5.74, 6) is -5.63. The average Bonchev–Trinajstić information content (AvgIpc) is 3.51. The normalized spacial score (nSPS) is 22.2. The van der Waals surface area contributed by atoms with Gasteiger partial charge in [-0.15, -0.1) is 0 Å². The van der Waals surface area contributed by atoms with Crippen LogP contribution in [0.5, 0.6) is 0 Å². The molecule has 0 bridgehead atoms. The molecule has 1 saturated heterocycles. The summed E-state index contributed by atoms with van der Waals surface area (Å²) in [7, 11) is 0. The van der Waals surface area contributed by atoms with Gasteiger partial charge in [-0.05, 0) is 56.0 Å². The number of aliphatic hydroxyl groups excluding tert-OH is 1. The van der Waals surface area contributed by atoms with Gasteiger partial charge in [0.15, 0.2) is 0 Å². The molecule has 3 heterocycles. The van der Waals surface area contributed by atoms with E-state index >= 15 is 8.78 Å². The van der Waals surface area contributed by atoms with E-state index in [-0.39, 0.29) is 29.4 Å². The monoisotopic (exact) mass is 604 g/mol. The van der Waals surface area contributed by atoms with Crippen molar-refractivity contribution in [3.8, 4) is 0 Å². The van der Waals surface area contributed by atoms with Gasteiger partial charge >= 0.3 is 6.18 Å². The molecule has 13 heteroatoms. The second-order valence-electron chi connectivity index (χ2n) is 11.2. The topological polar surface area (TPSA) is 54.5 Å². The Morgan fingerprint density at radius 1 is 1.07 bits per heavy atom. The maximum Gasteiger partial charge on any atom is 0.416 e. The molecule has 2 aliphatic rings. The Kier molecular flexibility index (Phi) is 8.47. The Hall–Kier alpha value is -2.90. The molecule has 3 atom stereocenters. The van der Waals surface area contributed by atoms with Crippen molar-refractivity contribution >= 4 is 16.6 Å². The molecule has 1 aromatic heterocycles. The summed E-state index contributed by atoms with van der Waals surface area (Å²) in [6.45, 7) is 0.466. The third-order valence-corrected chi connectivity index (χ3v) is 8.19. The fraction of sp³-hybridized carbons (Fsp3) is 0.517. The highest BCUT2D eigenvalue weighted by molar-refractivity contribution is 5.86. The molecule has 2 aromatic carbocycles. The van der Waals surface area contributed by atoms with Gasteiger partial charge in [0.1, 0.15) is 18.2 Å². The third kappa shape index (κ3) is 6.09. The number of hydrogen-bond acceptors (Lipinski definition) is 4. The first-order chi connectivity index (χ1) is 19.8. The molecule has 2 aliphatic heterocycles. The minimum Gasteiger partial charge on any atom is -0.390 e. The fourth-order valence-electron chi connectivity index (χ4n) is 6.21. The summed E-state index contributed by atoms with van der Waals surface area (Å²) in [5, 5.41) is 12.8. The van der Waals surface area contributed by atoms with Gasteiger partial charge in [-0.1, -0.05) is 6.07 Å². The van der Waals surface area contributed by atoms with Crippen molar-refractivity contribution in [2.75, 3.05) is 44.8 Å². The average molecular weight is 605 g/mol. The van der Waals surface area contributed by atoms with Crippen LogP contribution in [0.25, 0.3) is 10.9 Å². The third-order valence-electron chi connectivity index (χ3n) is 8.19. The quantitative estimate of drug-likeness (QED) is 0.252. The van der Waals surface area contributed by atoms with Gasteiger partial charge in [0.25, 0.3) is 5.92 Å². The molecule has 0 saturated carbocycles. The zero-order valence-electron chi connectivity index (χ0n) is 22.8. The first-order valence-corrected chi connectivity index (χ1v) is 13.8. The SMILES string of the molecule is C[C@@H]1Cc2c([nH]c3cc(C(F)(F)F)ccc23)[C@@H](c2c(F)cc(NC3CCN(CCCF)C3)cc2F)N1CC(F)(F)CO. The minimum atomic E-state index is -4.63. The molecule has 3 aromatic rings. The molecule has 230 valence electrons. The summed E-state index contributed by atoms with van der Waals surface area (Å²) >= 11 is 0. The van der Waals surface area contributed by atoms with Gasteiger partial charge in [-0.3, -0.25) is 9.29 Å². The van der Waals surface area contributed by atoms with Crippen LogP contribution in [0.4, 0.5) is 40.8 Å². The van der Waals surface area contributed by atoms with E-state index in [4.69, 9.17) is 0 Å². The molecule has 42 heavy (non-hydrogen) atoms. The number of aromatic nitrogens is 1. The Balaban J connectivity index is 1.55. The van der Waals surface area contributed by atoms with Crippen LogP contribution in [0.2, 0.25) is 0 Å². The minimum absolute atomic E-state index is 0.0699. The van der Waals surface area contributed by atoms with Crippen molar-refractivity contribution in [2.24, 2.45) is 0 Å². The van der Waals surface area contributed by atoms with Crippen LogP contribution in [-0.4, -0.2) is 77.4 Å². The summed E-state index contributed by atoms with van der Waals surface area (Å²) < 4.78 is 113. The van der Waals surface area contributed by atoms with Gasteiger partial charge in [0.2, 0.25) is 0 Å². The Morgan fingerprint density at radius 2 is 1.79 bits per heavy atom. The molecule has 1 fully saturated rings. The number of likely N-dealkylation sites (tertiary alicyclic amines) is 1. The second kappa shape index (κ2) is 11.6. The van der Waals surface area contributed by atoms with Crippen LogP contribution in [0.15, 0.2) is 30.3 Å². The highest BCUT2D eigenvalue weighted by atomic mass is 19.4. The summed E-state index contributed by atoms with van der Waals surface area (Å²) in [4.78, 5) is 6.07. The lowest BCUT2D eigenvalue weighted by Gasteiger charge is -2.42. The summed E-state index contributed by atoms with van der Waals surface area (Å²) in [5.41, 5.74) is -0.631. The van der Waals surface area contributed by atoms with Crippen molar-refractivity contribution in [3.05, 3.63) is 64.4 Å². The number of rotatable bonds is 9. The van der Waals surface area contributed by atoms with E-state index in [1.165, 1.54) is 11.0 Å². The Bertz CT molecular complexity index is 1400. The number of halogens is 8. The van der Waals surface area contributed by atoms with E-state index in [9.17, 15) is 31.4 Å². The molecule has 0 aliphatic carbocycles. The van der Waals surface area contributed by atoms with Gasteiger partial charge < -0.3 is 20.3 Å². The van der Waals surface area contributed by atoms with Crippen molar-refractivity contribution in [2.45, 2.75) is 56.4 Å². The van der Waals surface area contributed by atoms with Crippen molar-refractivity contribution < 1.29 is 40.2 Å². The number of nitrogens with one attached hydrogen (secondary N) is 2. The van der Waals surface area contributed by atoms with Gasteiger partial charge in [-0.25, -0.2) is 17.6 Å². The second-order valence-corrected chi connectivity index (χ2v) is 11.2. The predicted octanol–water partition coefficient (Wildman–Crippen LogP) is 6.27. The van der Waals surface area contributed by atoms with Crippen molar-refractivity contribution in [1.29, 1.82) is 0 Å². The maximum absolute atomic E-state index is 15.8. The van der Waals surface area contributed by atoms with Crippen LogP contribution >= 0.6 is 0 Å².